The summed E-state index contributed by atoms with van der Waals surface area (Å²) in [6.07, 6.45) is -2.44. The Morgan fingerprint density at radius 3 is 1.79 bits per heavy atom. The molecule has 0 radical (unpaired) electrons. The third-order valence-electron chi connectivity index (χ3n) is 6.18. The molecule has 4 rings (SSSR count). The number of carbonyl (C=O) groups excluding carboxylic acids is 4. The first-order chi connectivity index (χ1) is 22.6. The van der Waals surface area contributed by atoms with Crippen molar-refractivity contribution in [3.63, 3.8) is 0 Å². The zero-order valence-electron chi connectivity index (χ0n) is 26.3. The van der Waals surface area contributed by atoms with E-state index in [0.29, 0.717) is 16.5 Å². The number of guanidine groups is 1. The molecule has 0 aliphatic carbocycles. The summed E-state index contributed by atoms with van der Waals surface area (Å²) in [5.41, 5.74) is 1.22. The summed E-state index contributed by atoms with van der Waals surface area (Å²) in [5.74, 6) is -0.563. The molecule has 4 aromatic rings. The van der Waals surface area contributed by atoms with Crippen molar-refractivity contribution in [2.24, 2.45) is 4.99 Å². The molecule has 0 unspecified atom stereocenters. The summed E-state index contributed by atoms with van der Waals surface area (Å²) in [4.78, 5) is 54.4. The van der Waals surface area contributed by atoms with Gasteiger partial charge in [0, 0.05) is 17.3 Å². The zero-order chi connectivity index (χ0) is 33.6. The number of benzene rings is 4. The third-order valence-corrected chi connectivity index (χ3v) is 6.18. The van der Waals surface area contributed by atoms with Crippen LogP contribution < -0.4 is 20.7 Å². The number of nitrogens with zero attached hydrogens (tertiary/aromatic N) is 1. The predicted molar refractivity (Wildman–Crippen MR) is 175 cm³/mol. The number of carbonyl (C=O) groups is 4. The van der Waals surface area contributed by atoms with E-state index in [-0.39, 0.29) is 37.9 Å². The number of esters is 1. The van der Waals surface area contributed by atoms with E-state index in [1.54, 1.807) is 81.4 Å². The molecule has 0 saturated carbocycles. The minimum Gasteiger partial charge on any atom is -0.444 e. The van der Waals surface area contributed by atoms with Gasteiger partial charge in [-0.3, -0.25) is 15.4 Å². The average Bonchev–Trinajstić information content (AvgIpc) is 3.03. The number of rotatable bonds is 9. The Labute approximate surface area is 272 Å². The number of alkyl carbamates (subject to hydrolysis) is 3. The van der Waals surface area contributed by atoms with Gasteiger partial charge in [-0.05, 0) is 44.0 Å². The Morgan fingerprint density at radius 1 is 0.660 bits per heavy atom. The van der Waals surface area contributed by atoms with Gasteiger partial charge in [0.1, 0.15) is 24.6 Å². The number of ether oxygens (including phenoxy) is 4. The quantitative estimate of drug-likeness (QED) is 0.0616. The van der Waals surface area contributed by atoms with Crippen molar-refractivity contribution in [3.05, 3.63) is 108 Å². The van der Waals surface area contributed by atoms with E-state index < -0.39 is 29.9 Å². The molecule has 244 valence electrons. The number of aliphatic imine (C=N–C) groups is 1. The lowest BCUT2D eigenvalue weighted by atomic mass is 10.1. The summed E-state index contributed by atoms with van der Waals surface area (Å²) in [6, 6.07) is 28.3. The standard InChI is InChI=1S/C35H36N4O8/c1-35(2,3)47-32(41)36-21-20-30(40)46-29-19-11-16-26-27(29)17-10-18-28(26)37-31(38-33(42)44-22-24-12-6-4-7-13-24)39-34(43)45-23-25-14-8-5-9-15-25/h4-19H,20-23H2,1-3H3,(H,36,41)(H2,37,38,39,42,43). The maximum atomic E-state index is 12.7. The second-order valence-corrected chi connectivity index (χ2v) is 11.1. The van der Waals surface area contributed by atoms with Crippen LogP contribution in [-0.4, -0.2) is 42.4 Å². The van der Waals surface area contributed by atoms with Crippen LogP contribution in [0.15, 0.2) is 102 Å². The van der Waals surface area contributed by atoms with Crippen LogP contribution in [0.2, 0.25) is 0 Å². The van der Waals surface area contributed by atoms with Gasteiger partial charge in [-0.15, -0.1) is 0 Å². The van der Waals surface area contributed by atoms with Crippen LogP contribution in [0.1, 0.15) is 38.3 Å². The van der Waals surface area contributed by atoms with Gasteiger partial charge >= 0.3 is 24.2 Å². The number of hydrogen-bond donors (Lipinski definition) is 3. The Kier molecular flexibility index (Phi) is 11.9. The Morgan fingerprint density at radius 2 is 1.21 bits per heavy atom. The van der Waals surface area contributed by atoms with Gasteiger partial charge < -0.3 is 24.3 Å². The Hall–Kier alpha value is -5.91. The lowest BCUT2D eigenvalue weighted by Crippen LogP contribution is -2.44. The van der Waals surface area contributed by atoms with Gasteiger partial charge in [-0.2, -0.15) is 0 Å². The Bertz CT molecular complexity index is 1660. The summed E-state index contributed by atoms with van der Waals surface area (Å²) in [5, 5.41) is 8.56. The van der Waals surface area contributed by atoms with Crippen molar-refractivity contribution >= 4 is 46.7 Å². The lowest BCUT2D eigenvalue weighted by molar-refractivity contribution is -0.134. The molecule has 0 bridgehead atoms. The SMILES string of the molecule is CC(C)(C)OC(=O)NCCC(=O)Oc1cccc2c(N=C(NC(=O)OCc3ccccc3)NC(=O)OCc3ccccc3)cccc12. The van der Waals surface area contributed by atoms with Gasteiger partial charge in [0.2, 0.25) is 5.96 Å². The van der Waals surface area contributed by atoms with Crippen LogP contribution in [0.25, 0.3) is 10.8 Å². The molecule has 3 amide bonds. The molecule has 4 aromatic carbocycles. The highest BCUT2D eigenvalue weighted by molar-refractivity contribution is 6.05. The number of nitrogens with one attached hydrogen (secondary N) is 3. The van der Waals surface area contributed by atoms with Crippen molar-refractivity contribution in [2.75, 3.05) is 6.54 Å². The van der Waals surface area contributed by atoms with Gasteiger partial charge in [-0.25, -0.2) is 19.4 Å². The number of hydrogen-bond acceptors (Lipinski definition) is 9. The first-order valence-corrected chi connectivity index (χ1v) is 14.8. The molecule has 47 heavy (non-hydrogen) atoms. The molecule has 0 aliphatic rings. The molecular weight excluding hydrogens is 604 g/mol. The molecule has 0 aromatic heterocycles. The fourth-order valence-electron chi connectivity index (χ4n) is 4.12. The first-order valence-electron chi connectivity index (χ1n) is 14.8. The van der Waals surface area contributed by atoms with Crippen LogP contribution in [0.3, 0.4) is 0 Å². The molecule has 12 heteroatoms. The molecule has 0 aliphatic heterocycles. The molecule has 0 fully saturated rings. The van der Waals surface area contributed by atoms with Gasteiger partial charge in [0.15, 0.2) is 0 Å². The molecule has 3 N–H and O–H groups in total. The molecule has 12 nitrogen and oxygen atoms in total. The largest absolute Gasteiger partial charge is 0.444 e. The lowest BCUT2D eigenvalue weighted by Gasteiger charge is -2.19. The highest BCUT2D eigenvalue weighted by Crippen LogP contribution is 2.32. The van der Waals surface area contributed by atoms with Crippen LogP contribution >= 0.6 is 0 Å². The molecule has 0 atom stereocenters. The van der Waals surface area contributed by atoms with Crippen molar-refractivity contribution in [1.29, 1.82) is 0 Å². The zero-order valence-corrected chi connectivity index (χ0v) is 26.3. The van der Waals surface area contributed by atoms with Gasteiger partial charge in [-0.1, -0.05) is 84.9 Å². The monoisotopic (exact) mass is 640 g/mol. The third kappa shape index (κ3) is 11.5. The summed E-state index contributed by atoms with van der Waals surface area (Å²) < 4.78 is 21.4. The first kappa shape index (κ1) is 34.0. The highest BCUT2D eigenvalue weighted by Gasteiger charge is 2.17. The number of fused-ring (bicyclic) bond motifs is 1. The minimum atomic E-state index is -0.856. The van der Waals surface area contributed by atoms with Gasteiger partial charge in [0.25, 0.3) is 0 Å². The highest BCUT2D eigenvalue weighted by atomic mass is 16.6. The van der Waals surface area contributed by atoms with E-state index >= 15 is 0 Å². The van der Waals surface area contributed by atoms with E-state index in [9.17, 15) is 19.2 Å². The molecular formula is C35H36N4O8. The fraction of sp³-hybridized carbons (Fsp3) is 0.229. The summed E-state index contributed by atoms with van der Waals surface area (Å²) in [6.45, 7) is 5.23. The molecule has 0 spiro atoms. The maximum Gasteiger partial charge on any atom is 0.414 e. The van der Waals surface area contributed by atoms with E-state index in [4.69, 9.17) is 18.9 Å². The number of amides is 3. The Balaban J connectivity index is 1.49. The predicted octanol–water partition coefficient (Wildman–Crippen LogP) is 6.50. The van der Waals surface area contributed by atoms with Gasteiger partial charge in [0.05, 0.1) is 12.1 Å². The van der Waals surface area contributed by atoms with E-state index in [1.165, 1.54) is 0 Å². The van der Waals surface area contributed by atoms with Crippen molar-refractivity contribution in [1.82, 2.24) is 16.0 Å². The second kappa shape index (κ2) is 16.4. The van der Waals surface area contributed by atoms with E-state index in [2.05, 4.69) is 20.9 Å². The van der Waals surface area contributed by atoms with Crippen LogP contribution in [0, 0.1) is 0 Å². The molecule has 0 heterocycles. The maximum absolute atomic E-state index is 12.7. The topological polar surface area (TPSA) is 154 Å². The molecule has 0 saturated heterocycles. The fourth-order valence-corrected chi connectivity index (χ4v) is 4.12. The van der Waals surface area contributed by atoms with Crippen LogP contribution in [0.5, 0.6) is 5.75 Å². The van der Waals surface area contributed by atoms with Crippen LogP contribution in [0.4, 0.5) is 20.1 Å². The normalized spacial score (nSPS) is 10.7. The van der Waals surface area contributed by atoms with Crippen molar-refractivity contribution < 1.29 is 38.1 Å². The van der Waals surface area contributed by atoms with E-state index in [0.717, 1.165) is 11.1 Å². The van der Waals surface area contributed by atoms with Crippen molar-refractivity contribution in [3.8, 4) is 5.75 Å². The second-order valence-electron chi connectivity index (χ2n) is 11.1. The van der Waals surface area contributed by atoms with E-state index in [1.807, 2.05) is 36.4 Å². The minimum absolute atomic E-state index is 0.00526. The average molecular weight is 641 g/mol. The van der Waals surface area contributed by atoms with Crippen molar-refractivity contribution in [2.45, 2.75) is 46.0 Å². The summed E-state index contributed by atoms with van der Waals surface area (Å²) >= 11 is 0. The smallest absolute Gasteiger partial charge is 0.414 e. The summed E-state index contributed by atoms with van der Waals surface area (Å²) in [7, 11) is 0. The van der Waals surface area contributed by atoms with Crippen LogP contribution in [-0.2, 0) is 32.2 Å².